The Labute approximate surface area is 123 Å². The topological polar surface area (TPSA) is 67.1 Å². The molecular formula is C15H29N5. The first-order chi connectivity index (χ1) is 9.62. The fourth-order valence-electron chi connectivity index (χ4n) is 1.99. The first-order valence-electron chi connectivity index (χ1n) is 7.72. The number of nitrogens with two attached hydrogens (primary N) is 1. The van der Waals surface area contributed by atoms with Crippen LogP contribution in [-0.4, -0.2) is 23.1 Å². The average molecular weight is 279 g/mol. The molecule has 0 atom stereocenters. The van der Waals surface area contributed by atoms with Gasteiger partial charge in [-0.25, -0.2) is 15.8 Å². The van der Waals surface area contributed by atoms with E-state index >= 15 is 0 Å². The van der Waals surface area contributed by atoms with Crippen LogP contribution in [0.5, 0.6) is 0 Å². The van der Waals surface area contributed by atoms with Crippen LogP contribution in [0.1, 0.15) is 65.1 Å². The number of aromatic nitrogens is 2. The molecule has 0 aliphatic heterocycles. The van der Waals surface area contributed by atoms with Crippen molar-refractivity contribution >= 4 is 11.6 Å². The summed E-state index contributed by atoms with van der Waals surface area (Å²) in [6.07, 6.45) is 4.73. The fraction of sp³-hybridized carbons (Fsp3) is 0.733. The Bertz CT molecular complexity index is 384. The molecule has 0 aliphatic rings. The molecule has 0 spiro atoms. The van der Waals surface area contributed by atoms with Crippen molar-refractivity contribution in [2.24, 2.45) is 5.84 Å². The van der Waals surface area contributed by atoms with Gasteiger partial charge >= 0.3 is 0 Å². The van der Waals surface area contributed by atoms with Crippen LogP contribution in [0.3, 0.4) is 0 Å². The zero-order valence-electron chi connectivity index (χ0n) is 13.3. The van der Waals surface area contributed by atoms with Gasteiger partial charge in [-0.3, -0.25) is 0 Å². The van der Waals surface area contributed by atoms with Crippen LogP contribution < -0.4 is 16.2 Å². The second kappa shape index (κ2) is 8.74. The highest BCUT2D eigenvalue weighted by molar-refractivity contribution is 5.49. The highest BCUT2D eigenvalue weighted by Gasteiger charge is 2.12. The van der Waals surface area contributed by atoms with E-state index in [0.717, 1.165) is 24.7 Å². The molecule has 20 heavy (non-hydrogen) atoms. The minimum Gasteiger partial charge on any atom is -0.356 e. The van der Waals surface area contributed by atoms with Crippen LogP contribution in [0.25, 0.3) is 0 Å². The number of hydrazine groups is 1. The minimum atomic E-state index is 0.293. The van der Waals surface area contributed by atoms with Gasteiger partial charge in [0.15, 0.2) is 0 Å². The van der Waals surface area contributed by atoms with Gasteiger partial charge in [0.25, 0.3) is 0 Å². The van der Waals surface area contributed by atoms with Gasteiger partial charge in [-0.1, -0.05) is 40.5 Å². The predicted octanol–water partition coefficient (Wildman–Crippen LogP) is 3.29. The molecule has 5 nitrogen and oxygen atoms in total. The lowest BCUT2D eigenvalue weighted by atomic mass is 10.2. The molecule has 3 N–H and O–H groups in total. The predicted molar refractivity (Wildman–Crippen MR) is 86.0 cm³/mol. The van der Waals surface area contributed by atoms with Crippen molar-refractivity contribution in [3.05, 3.63) is 11.9 Å². The van der Waals surface area contributed by atoms with Gasteiger partial charge in [0, 0.05) is 25.1 Å². The summed E-state index contributed by atoms with van der Waals surface area (Å²) in [6.45, 7) is 10.7. The Morgan fingerprint density at radius 3 is 2.20 bits per heavy atom. The first-order valence-corrected chi connectivity index (χ1v) is 7.72. The van der Waals surface area contributed by atoms with Gasteiger partial charge < -0.3 is 10.3 Å². The largest absolute Gasteiger partial charge is 0.356 e. The summed E-state index contributed by atoms with van der Waals surface area (Å²) in [7, 11) is 0. The summed E-state index contributed by atoms with van der Waals surface area (Å²) in [4.78, 5) is 11.5. The number of hydrogen-bond donors (Lipinski definition) is 2. The summed E-state index contributed by atoms with van der Waals surface area (Å²) >= 11 is 0. The molecule has 0 aliphatic carbocycles. The van der Waals surface area contributed by atoms with Crippen LogP contribution in [-0.2, 0) is 0 Å². The zero-order valence-corrected chi connectivity index (χ0v) is 13.3. The van der Waals surface area contributed by atoms with E-state index in [1.54, 1.807) is 0 Å². The van der Waals surface area contributed by atoms with E-state index in [0.29, 0.717) is 11.7 Å². The van der Waals surface area contributed by atoms with Crippen molar-refractivity contribution in [3.63, 3.8) is 0 Å². The first kappa shape index (κ1) is 16.7. The highest BCUT2D eigenvalue weighted by Crippen LogP contribution is 2.20. The Hall–Kier alpha value is -1.36. The summed E-state index contributed by atoms with van der Waals surface area (Å²) in [5.41, 5.74) is 2.65. The number of nitrogens with zero attached hydrogens (tertiary/aromatic N) is 3. The standard InChI is InChI=1S/C15H29N5/c1-5-7-9-20(10-8-6-2)14-11-13(19-16)17-15(18-14)12(3)4/h11-12H,5-10,16H2,1-4H3,(H,17,18,19). The molecule has 0 saturated carbocycles. The molecule has 1 aromatic rings. The summed E-state index contributed by atoms with van der Waals surface area (Å²) in [5, 5.41) is 0. The van der Waals surface area contributed by atoms with Crippen molar-refractivity contribution in [3.8, 4) is 0 Å². The lowest BCUT2D eigenvalue weighted by Crippen LogP contribution is -2.27. The third-order valence-corrected chi connectivity index (χ3v) is 3.28. The second-order valence-electron chi connectivity index (χ2n) is 5.46. The quantitative estimate of drug-likeness (QED) is 0.536. The fourth-order valence-corrected chi connectivity index (χ4v) is 1.99. The molecule has 1 rings (SSSR count). The van der Waals surface area contributed by atoms with Gasteiger partial charge in [0.2, 0.25) is 0 Å². The summed E-state index contributed by atoms with van der Waals surface area (Å²) in [5.74, 6) is 8.34. The maximum atomic E-state index is 5.53. The molecule has 0 saturated heterocycles. The number of nitrogens with one attached hydrogen (secondary N) is 1. The minimum absolute atomic E-state index is 0.293. The number of unbranched alkanes of at least 4 members (excludes halogenated alkanes) is 2. The van der Waals surface area contributed by atoms with Crippen molar-refractivity contribution in [2.45, 2.75) is 59.3 Å². The van der Waals surface area contributed by atoms with Crippen LogP contribution in [0, 0.1) is 0 Å². The van der Waals surface area contributed by atoms with Gasteiger partial charge in [0.1, 0.15) is 17.5 Å². The Balaban J connectivity index is 2.99. The number of anilines is 2. The Kier molecular flexibility index (Phi) is 7.30. The average Bonchev–Trinajstić information content (AvgIpc) is 2.46. The molecular weight excluding hydrogens is 250 g/mol. The smallest absolute Gasteiger partial charge is 0.145 e. The molecule has 1 heterocycles. The summed E-state index contributed by atoms with van der Waals surface area (Å²) < 4.78 is 0. The van der Waals surface area contributed by atoms with E-state index in [4.69, 9.17) is 10.8 Å². The maximum absolute atomic E-state index is 5.53. The van der Waals surface area contributed by atoms with Crippen molar-refractivity contribution in [2.75, 3.05) is 23.4 Å². The van der Waals surface area contributed by atoms with E-state index in [1.807, 2.05) is 6.07 Å². The van der Waals surface area contributed by atoms with E-state index in [9.17, 15) is 0 Å². The molecule has 114 valence electrons. The van der Waals surface area contributed by atoms with Gasteiger partial charge in [-0.15, -0.1) is 0 Å². The zero-order chi connectivity index (χ0) is 15.0. The van der Waals surface area contributed by atoms with Gasteiger partial charge in [-0.05, 0) is 12.8 Å². The number of hydrogen-bond acceptors (Lipinski definition) is 5. The maximum Gasteiger partial charge on any atom is 0.145 e. The third kappa shape index (κ3) is 4.96. The van der Waals surface area contributed by atoms with Gasteiger partial charge in [-0.2, -0.15) is 0 Å². The van der Waals surface area contributed by atoms with Gasteiger partial charge in [0.05, 0.1) is 0 Å². The molecule has 0 fully saturated rings. The summed E-state index contributed by atoms with van der Waals surface area (Å²) in [6, 6.07) is 1.94. The SMILES string of the molecule is CCCCN(CCCC)c1cc(NN)nc(C(C)C)n1. The molecule has 0 unspecified atom stereocenters. The van der Waals surface area contributed by atoms with E-state index in [-0.39, 0.29) is 0 Å². The van der Waals surface area contributed by atoms with Crippen LogP contribution in [0.2, 0.25) is 0 Å². The van der Waals surface area contributed by atoms with Crippen LogP contribution in [0.15, 0.2) is 6.07 Å². The highest BCUT2D eigenvalue weighted by atomic mass is 15.3. The second-order valence-corrected chi connectivity index (χ2v) is 5.46. The molecule has 5 heteroatoms. The molecule has 1 aromatic heterocycles. The number of rotatable bonds is 9. The normalized spacial score (nSPS) is 10.9. The van der Waals surface area contributed by atoms with Crippen molar-refractivity contribution < 1.29 is 0 Å². The van der Waals surface area contributed by atoms with E-state index in [2.05, 4.69) is 43.0 Å². The van der Waals surface area contributed by atoms with Crippen LogP contribution >= 0.6 is 0 Å². The van der Waals surface area contributed by atoms with Crippen molar-refractivity contribution in [1.29, 1.82) is 0 Å². The molecule has 0 aromatic carbocycles. The molecule has 0 radical (unpaired) electrons. The van der Waals surface area contributed by atoms with Crippen LogP contribution in [0.4, 0.5) is 11.6 Å². The van der Waals surface area contributed by atoms with E-state index in [1.165, 1.54) is 25.7 Å². The number of nitrogen functional groups attached to an aromatic ring is 1. The molecule has 0 bridgehead atoms. The lowest BCUT2D eigenvalue weighted by Gasteiger charge is -2.24. The third-order valence-electron chi connectivity index (χ3n) is 3.28. The lowest BCUT2D eigenvalue weighted by molar-refractivity contribution is 0.664. The Morgan fingerprint density at radius 2 is 1.75 bits per heavy atom. The van der Waals surface area contributed by atoms with E-state index < -0.39 is 0 Å². The monoisotopic (exact) mass is 279 g/mol. The molecule has 0 amide bonds. The van der Waals surface area contributed by atoms with Crippen molar-refractivity contribution in [1.82, 2.24) is 9.97 Å². The Morgan fingerprint density at radius 1 is 1.15 bits per heavy atom.